The summed E-state index contributed by atoms with van der Waals surface area (Å²) in [5, 5.41) is 13.5. The number of ether oxygens (including phenoxy) is 1. The molecule has 2 aromatic heterocycles. The molecule has 7 nitrogen and oxygen atoms in total. The second-order valence-electron chi connectivity index (χ2n) is 8.57. The van der Waals surface area contributed by atoms with Crippen molar-refractivity contribution in [3.8, 4) is 0 Å². The Morgan fingerprint density at radius 2 is 1.82 bits per heavy atom. The Morgan fingerprint density at radius 1 is 1.09 bits per heavy atom. The number of carbonyl (C=O) groups is 1. The van der Waals surface area contributed by atoms with E-state index in [1.165, 1.54) is 11.8 Å². The number of hydrogen-bond donors (Lipinski definition) is 1. The van der Waals surface area contributed by atoms with Crippen molar-refractivity contribution in [1.29, 1.82) is 0 Å². The van der Waals surface area contributed by atoms with Crippen molar-refractivity contribution < 1.29 is 9.53 Å². The van der Waals surface area contributed by atoms with E-state index in [1.54, 1.807) is 0 Å². The molecule has 8 heteroatoms. The van der Waals surface area contributed by atoms with Crippen LogP contribution in [-0.2, 0) is 9.53 Å². The Balaban J connectivity index is 1.25. The van der Waals surface area contributed by atoms with Crippen molar-refractivity contribution in [3.05, 3.63) is 60.2 Å². The van der Waals surface area contributed by atoms with Gasteiger partial charge in [-0.05, 0) is 62.7 Å². The zero-order valence-corrected chi connectivity index (χ0v) is 19.8. The van der Waals surface area contributed by atoms with E-state index in [-0.39, 0.29) is 23.9 Å². The number of fused-ring (bicyclic) bond motifs is 3. The van der Waals surface area contributed by atoms with Crippen LogP contribution in [0.2, 0.25) is 0 Å². The minimum atomic E-state index is -0.0745. The number of carbonyl (C=O) groups excluding carboxylic acids is 1. The van der Waals surface area contributed by atoms with Crippen molar-refractivity contribution in [2.45, 2.75) is 38.1 Å². The number of rotatable bonds is 5. The second kappa shape index (κ2) is 9.03. The average Bonchev–Trinajstić information content (AvgIpc) is 3.20. The number of amides is 1. The lowest BCUT2D eigenvalue weighted by Crippen LogP contribution is -2.45. The number of hydrogen-bond acceptors (Lipinski definition) is 6. The lowest BCUT2D eigenvalue weighted by molar-refractivity contribution is -0.113. The van der Waals surface area contributed by atoms with Gasteiger partial charge in [0.2, 0.25) is 5.91 Å². The highest BCUT2D eigenvalue weighted by molar-refractivity contribution is 7.99. The van der Waals surface area contributed by atoms with Crippen molar-refractivity contribution in [1.82, 2.24) is 14.6 Å². The fraction of sp³-hybridized carbons (Fsp3) is 0.320. The molecule has 0 aliphatic carbocycles. The monoisotopic (exact) mass is 461 g/mol. The molecule has 4 aromatic rings. The highest BCUT2D eigenvalue weighted by Crippen LogP contribution is 2.26. The molecule has 1 aliphatic rings. The van der Waals surface area contributed by atoms with Gasteiger partial charge in [0.05, 0.1) is 23.5 Å². The second-order valence-corrected chi connectivity index (χ2v) is 9.51. The van der Waals surface area contributed by atoms with E-state index in [0.29, 0.717) is 5.16 Å². The maximum atomic E-state index is 12.6. The number of nitrogens with one attached hydrogen (secondary N) is 1. The van der Waals surface area contributed by atoms with E-state index in [1.807, 2.05) is 46.9 Å². The lowest BCUT2D eigenvalue weighted by Gasteiger charge is -2.36. The van der Waals surface area contributed by atoms with Crippen LogP contribution in [-0.4, -0.2) is 51.6 Å². The largest absolute Gasteiger partial charge is 0.372 e. The maximum Gasteiger partial charge on any atom is 0.234 e. The summed E-state index contributed by atoms with van der Waals surface area (Å²) < 4.78 is 7.83. The van der Waals surface area contributed by atoms with Crippen LogP contribution in [0.1, 0.15) is 19.4 Å². The molecule has 2 aromatic carbocycles. The van der Waals surface area contributed by atoms with Crippen LogP contribution in [0.5, 0.6) is 0 Å². The third kappa shape index (κ3) is 4.54. The van der Waals surface area contributed by atoms with Crippen LogP contribution in [0.15, 0.2) is 59.8 Å². The number of nitrogens with zero attached hydrogens (tertiary/aromatic N) is 4. The van der Waals surface area contributed by atoms with Crippen LogP contribution in [0.3, 0.4) is 0 Å². The Morgan fingerprint density at radius 3 is 2.58 bits per heavy atom. The molecule has 2 atom stereocenters. The third-order valence-electron chi connectivity index (χ3n) is 5.84. The molecule has 0 radical (unpaired) electrons. The van der Waals surface area contributed by atoms with E-state index in [2.05, 4.69) is 53.3 Å². The quantitative estimate of drug-likeness (QED) is 0.440. The van der Waals surface area contributed by atoms with Gasteiger partial charge in [-0.15, -0.1) is 10.2 Å². The van der Waals surface area contributed by atoms with Gasteiger partial charge < -0.3 is 15.0 Å². The molecule has 1 fully saturated rings. The first-order valence-corrected chi connectivity index (χ1v) is 12.1. The first kappa shape index (κ1) is 21.7. The Kier molecular flexibility index (Phi) is 5.95. The highest BCUT2D eigenvalue weighted by Gasteiger charge is 2.22. The highest BCUT2D eigenvalue weighted by atomic mass is 32.2. The predicted octanol–water partition coefficient (Wildman–Crippen LogP) is 4.54. The van der Waals surface area contributed by atoms with Crippen LogP contribution < -0.4 is 10.2 Å². The van der Waals surface area contributed by atoms with Gasteiger partial charge in [0.1, 0.15) is 0 Å². The first-order valence-electron chi connectivity index (χ1n) is 11.1. The first-order chi connectivity index (χ1) is 16.0. The van der Waals surface area contributed by atoms with Crippen molar-refractivity contribution in [2.24, 2.45) is 0 Å². The number of anilines is 2. The summed E-state index contributed by atoms with van der Waals surface area (Å²) in [4.78, 5) is 14.9. The molecule has 0 bridgehead atoms. The van der Waals surface area contributed by atoms with Crippen molar-refractivity contribution in [2.75, 3.05) is 29.1 Å². The molecule has 0 saturated carbocycles. The summed E-state index contributed by atoms with van der Waals surface area (Å²) in [6.45, 7) is 8.00. The van der Waals surface area contributed by atoms with Gasteiger partial charge >= 0.3 is 0 Å². The smallest absolute Gasteiger partial charge is 0.234 e. The Hall–Kier alpha value is -3.10. The molecular formula is C25H27N5O2S. The van der Waals surface area contributed by atoms with Gasteiger partial charge in [0, 0.05) is 29.9 Å². The van der Waals surface area contributed by atoms with Crippen LogP contribution >= 0.6 is 11.8 Å². The zero-order chi connectivity index (χ0) is 22.9. The molecular weight excluding hydrogens is 434 g/mol. The van der Waals surface area contributed by atoms with Crippen molar-refractivity contribution in [3.63, 3.8) is 0 Å². The van der Waals surface area contributed by atoms with Crippen LogP contribution in [0.4, 0.5) is 11.4 Å². The number of aryl methyl sites for hydroxylation is 1. The number of pyridine rings is 1. The van der Waals surface area contributed by atoms with Gasteiger partial charge in [0.15, 0.2) is 10.8 Å². The molecule has 0 spiro atoms. The summed E-state index contributed by atoms with van der Waals surface area (Å²) in [5.41, 5.74) is 4.91. The molecule has 1 saturated heterocycles. The summed E-state index contributed by atoms with van der Waals surface area (Å²) in [7, 11) is 0. The van der Waals surface area contributed by atoms with Gasteiger partial charge in [0.25, 0.3) is 0 Å². The summed E-state index contributed by atoms with van der Waals surface area (Å²) >= 11 is 1.39. The summed E-state index contributed by atoms with van der Waals surface area (Å²) in [6.07, 6.45) is 0.416. The molecule has 3 heterocycles. The van der Waals surface area contributed by atoms with Gasteiger partial charge in [-0.1, -0.05) is 30.0 Å². The summed E-state index contributed by atoms with van der Waals surface area (Å²) in [6, 6.07) is 18.2. The number of aromatic nitrogens is 3. The Bertz CT molecular complexity index is 1290. The molecule has 1 amide bonds. The van der Waals surface area contributed by atoms with E-state index < -0.39 is 0 Å². The third-order valence-corrected chi connectivity index (χ3v) is 6.77. The number of morpholine rings is 1. The van der Waals surface area contributed by atoms with E-state index >= 15 is 0 Å². The number of benzene rings is 2. The molecule has 1 N–H and O–H groups in total. The van der Waals surface area contributed by atoms with Crippen molar-refractivity contribution >= 4 is 45.6 Å². The van der Waals surface area contributed by atoms with Crippen LogP contribution in [0, 0.1) is 6.92 Å². The van der Waals surface area contributed by atoms with Crippen LogP contribution in [0.25, 0.3) is 16.6 Å². The fourth-order valence-corrected chi connectivity index (χ4v) is 5.19. The molecule has 2 unspecified atom stereocenters. The molecule has 170 valence electrons. The molecule has 33 heavy (non-hydrogen) atoms. The zero-order valence-electron chi connectivity index (χ0n) is 19.0. The maximum absolute atomic E-state index is 12.6. The normalized spacial score (nSPS) is 18.7. The minimum Gasteiger partial charge on any atom is -0.372 e. The van der Waals surface area contributed by atoms with E-state index in [4.69, 9.17) is 4.74 Å². The summed E-state index contributed by atoms with van der Waals surface area (Å²) in [5.74, 6) is 0.179. The topological polar surface area (TPSA) is 71.8 Å². The number of thioether (sulfide) groups is 1. The van der Waals surface area contributed by atoms with Gasteiger partial charge in [-0.2, -0.15) is 0 Å². The van der Waals surface area contributed by atoms with Gasteiger partial charge in [-0.3, -0.25) is 9.20 Å². The predicted molar refractivity (Wildman–Crippen MR) is 133 cm³/mol. The lowest BCUT2D eigenvalue weighted by atomic mass is 10.1. The van der Waals surface area contributed by atoms with E-state index in [0.717, 1.165) is 46.6 Å². The standard InChI is InChI=1S/C25H27N5O2S/c1-16-12-23-27-28-25(30(23)22-7-5-4-6-21(16)22)33-15-24(31)26-19-8-10-20(11-9-19)29-13-17(2)32-18(3)14-29/h4-12,17-18H,13-15H2,1-3H3,(H,26,31). The molecule has 1 aliphatic heterocycles. The minimum absolute atomic E-state index is 0.0745. The SMILES string of the molecule is Cc1cc2nnc(SCC(=O)Nc3ccc(N4CC(C)OC(C)C4)cc3)n2c2ccccc12. The fourth-order valence-electron chi connectivity index (χ4n) is 4.44. The number of para-hydroxylation sites is 1. The molecule has 5 rings (SSSR count). The Labute approximate surface area is 197 Å². The average molecular weight is 462 g/mol. The van der Waals surface area contributed by atoms with E-state index in [9.17, 15) is 4.79 Å². The van der Waals surface area contributed by atoms with Gasteiger partial charge in [-0.25, -0.2) is 0 Å².